The molecule has 5 nitrogen and oxygen atoms in total. The summed E-state index contributed by atoms with van der Waals surface area (Å²) in [5.41, 5.74) is -0.459. The number of amides is 1. The number of nitrogens with zero attached hydrogens (tertiary/aromatic N) is 4. The average molecular weight is 433 g/mol. The molecule has 0 aliphatic rings. The summed E-state index contributed by atoms with van der Waals surface area (Å²) in [6, 6.07) is 3.04. The number of halogens is 7. The molecular formula is C14H11ClF6N4OS. The van der Waals surface area contributed by atoms with Gasteiger partial charge in [0.15, 0.2) is 0 Å². The number of carbonyl (C=O) groups is 1. The highest BCUT2D eigenvalue weighted by atomic mass is 35.5. The minimum absolute atomic E-state index is 0.224. The molecule has 2 rings (SSSR count). The monoisotopic (exact) mass is 432 g/mol. The van der Waals surface area contributed by atoms with Gasteiger partial charge in [0, 0.05) is 19.3 Å². The van der Waals surface area contributed by atoms with Gasteiger partial charge < -0.3 is 4.90 Å². The van der Waals surface area contributed by atoms with Crippen molar-refractivity contribution < 1.29 is 31.1 Å². The first-order valence-corrected chi connectivity index (χ1v) is 7.99. The molecular weight excluding hydrogens is 422 g/mol. The fourth-order valence-corrected chi connectivity index (χ4v) is 2.79. The molecule has 0 aliphatic heterocycles. The number of alkyl halides is 6. The Kier molecular flexibility index (Phi) is 5.62. The zero-order valence-corrected chi connectivity index (χ0v) is 15.3. The first kappa shape index (κ1) is 21.2. The lowest BCUT2D eigenvalue weighted by molar-refractivity contribution is -0.170. The van der Waals surface area contributed by atoms with Crippen molar-refractivity contribution in [3.8, 4) is 5.69 Å². The van der Waals surface area contributed by atoms with Crippen molar-refractivity contribution >= 4 is 35.4 Å². The normalized spacial score (nSPS) is 12.3. The van der Waals surface area contributed by atoms with Gasteiger partial charge in [0.05, 0.1) is 10.7 Å². The molecule has 13 heteroatoms. The van der Waals surface area contributed by atoms with Crippen molar-refractivity contribution in [2.45, 2.75) is 19.3 Å². The highest BCUT2D eigenvalue weighted by Gasteiger charge is 2.43. The average Bonchev–Trinajstić information content (AvgIpc) is 2.83. The van der Waals surface area contributed by atoms with Gasteiger partial charge in [-0.3, -0.25) is 9.36 Å². The zero-order valence-electron chi connectivity index (χ0n) is 13.7. The van der Waals surface area contributed by atoms with Crippen molar-refractivity contribution in [2.24, 2.45) is 7.05 Å². The molecule has 0 spiro atoms. The summed E-state index contributed by atoms with van der Waals surface area (Å²) in [6.45, 7) is 0.985. The molecule has 148 valence electrons. The molecule has 0 N–H and O–H groups in total. The third-order valence-electron chi connectivity index (χ3n) is 3.47. The van der Waals surface area contributed by atoms with Gasteiger partial charge in [-0.15, -0.1) is 5.10 Å². The molecule has 2 aromatic rings. The van der Waals surface area contributed by atoms with E-state index in [4.69, 9.17) is 23.8 Å². The smallest absolute Gasteiger partial charge is 0.305 e. The summed E-state index contributed by atoms with van der Waals surface area (Å²) in [7, 11) is 1.21. The zero-order chi connectivity index (χ0) is 20.7. The van der Waals surface area contributed by atoms with E-state index in [2.05, 4.69) is 5.10 Å². The maximum absolute atomic E-state index is 13.2. The molecule has 0 saturated carbocycles. The largest absolute Gasteiger partial charge is 0.471 e. The first-order valence-electron chi connectivity index (χ1n) is 7.20. The van der Waals surface area contributed by atoms with Crippen LogP contribution in [-0.4, -0.2) is 33.0 Å². The molecule has 0 fully saturated rings. The molecule has 0 saturated heterocycles. The van der Waals surface area contributed by atoms with Gasteiger partial charge in [-0.05, 0) is 37.3 Å². The predicted octanol–water partition coefficient (Wildman–Crippen LogP) is 4.53. The van der Waals surface area contributed by atoms with Gasteiger partial charge in [0.1, 0.15) is 0 Å². The number of hydrogen-bond acceptors (Lipinski definition) is 3. The minimum Gasteiger partial charge on any atom is -0.305 e. The van der Waals surface area contributed by atoms with Crippen LogP contribution < -0.4 is 4.90 Å². The third-order valence-corrected chi connectivity index (χ3v) is 4.22. The van der Waals surface area contributed by atoms with Crippen LogP contribution in [0.2, 0.25) is 5.02 Å². The second kappa shape index (κ2) is 7.15. The number of carbonyl (C=O) groups excluding carboxylic acids is 1. The lowest BCUT2D eigenvalue weighted by Gasteiger charge is -2.23. The fraction of sp³-hybridized carbons (Fsp3) is 0.357. The molecule has 0 radical (unpaired) electrons. The van der Waals surface area contributed by atoms with E-state index >= 15 is 0 Å². The SMILES string of the molecule is CCN(C(=O)C(F)(F)F)c1ccc(-n2c(C(F)(F)F)nn(C)c2=S)c(Cl)c1. The number of hydrogen-bond donors (Lipinski definition) is 0. The molecule has 0 aliphatic carbocycles. The maximum Gasteiger partial charge on any atom is 0.471 e. The van der Waals surface area contributed by atoms with E-state index < -0.39 is 24.1 Å². The van der Waals surface area contributed by atoms with Gasteiger partial charge >= 0.3 is 18.3 Å². The van der Waals surface area contributed by atoms with Crippen LogP contribution in [0.4, 0.5) is 32.0 Å². The Morgan fingerprint density at radius 3 is 2.30 bits per heavy atom. The maximum atomic E-state index is 13.2. The Morgan fingerprint density at radius 1 is 1.26 bits per heavy atom. The van der Waals surface area contributed by atoms with E-state index in [9.17, 15) is 31.1 Å². The van der Waals surface area contributed by atoms with Crippen molar-refractivity contribution in [1.82, 2.24) is 14.3 Å². The van der Waals surface area contributed by atoms with Gasteiger partial charge in [-0.25, -0.2) is 4.68 Å². The summed E-state index contributed by atoms with van der Waals surface area (Å²) < 4.78 is 78.7. The lowest BCUT2D eigenvalue weighted by Crippen LogP contribution is -2.41. The van der Waals surface area contributed by atoms with Crippen molar-refractivity contribution in [2.75, 3.05) is 11.4 Å². The predicted molar refractivity (Wildman–Crippen MR) is 87.5 cm³/mol. The van der Waals surface area contributed by atoms with Gasteiger partial charge in [0.25, 0.3) is 0 Å². The quantitative estimate of drug-likeness (QED) is 0.529. The van der Waals surface area contributed by atoms with Crippen LogP contribution in [0, 0.1) is 4.77 Å². The van der Waals surface area contributed by atoms with E-state index in [1.165, 1.54) is 14.0 Å². The van der Waals surface area contributed by atoms with Crippen LogP contribution in [0.3, 0.4) is 0 Å². The Balaban J connectivity index is 2.60. The third kappa shape index (κ3) is 4.10. The van der Waals surface area contributed by atoms with Crippen LogP contribution in [0.5, 0.6) is 0 Å². The molecule has 0 bridgehead atoms. The molecule has 0 atom stereocenters. The molecule has 0 unspecified atom stereocenters. The van der Waals surface area contributed by atoms with Crippen LogP contribution in [0.15, 0.2) is 18.2 Å². The van der Waals surface area contributed by atoms with Crippen molar-refractivity contribution in [1.29, 1.82) is 0 Å². The summed E-state index contributed by atoms with van der Waals surface area (Å²) >= 11 is 10.9. The molecule has 27 heavy (non-hydrogen) atoms. The molecule has 1 amide bonds. The minimum atomic E-state index is -5.11. The highest BCUT2D eigenvalue weighted by molar-refractivity contribution is 7.71. The summed E-state index contributed by atoms with van der Waals surface area (Å²) in [5.74, 6) is -3.47. The fourth-order valence-electron chi connectivity index (χ4n) is 2.31. The molecule has 1 aromatic heterocycles. The van der Waals surface area contributed by atoms with E-state index in [0.717, 1.165) is 22.9 Å². The second-order valence-corrected chi connectivity index (χ2v) is 6.02. The van der Waals surface area contributed by atoms with E-state index in [0.29, 0.717) is 9.47 Å². The van der Waals surface area contributed by atoms with Gasteiger partial charge in [-0.2, -0.15) is 26.3 Å². The lowest BCUT2D eigenvalue weighted by atomic mass is 10.2. The Bertz CT molecular complexity index is 933. The number of anilines is 1. The van der Waals surface area contributed by atoms with Crippen molar-refractivity contribution in [3.05, 3.63) is 33.8 Å². The van der Waals surface area contributed by atoms with Gasteiger partial charge in [0.2, 0.25) is 10.6 Å². The second-order valence-electron chi connectivity index (χ2n) is 5.25. The number of aryl methyl sites for hydroxylation is 1. The first-order chi connectivity index (χ1) is 12.3. The Labute approximate surface area is 158 Å². The standard InChI is InChI=1S/C14H11ClF6N4OS/c1-3-24(11(26)14(19,20)21)7-4-5-9(8(15)6-7)25-10(13(16,17)18)22-23(2)12(25)27/h4-6H,3H2,1-2H3. The van der Waals surface area contributed by atoms with E-state index in [1.807, 2.05) is 0 Å². The van der Waals surface area contributed by atoms with E-state index in [1.54, 1.807) is 0 Å². The summed E-state index contributed by atoms with van der Waals surface area (Å²) in [4.78, 5) is 11.9. The Hall–Kier alpha value is -2.08. The topological polar surface area (TPSA) is 43.1 Å². The number of benzene rings is 1. The van der Waals surface area contributed by atoms with Crippen LogP contribution in [0.25, 0.3) is 5.69 Å². The number of aromatic nitrogens is 3. The Morgan fingerprint density at radius 2 is 1.85 bits per heavy atom. The van der Waals surface area contributed by atoms with Crippen LogP contribution in [0.1, 0.15) is 12.7 Å². The van der Waals surface area contributed by atoms with Crippen LogP contribution in [-0.2, 0) is 18.0 Å². The van der Waals surface area contributed by atoms with Crippen molar-refractivity contribution in [3.63, 3.8) is 0 Å². The van der Waals surface area contributed by atoms with E-state index in [-0.39, 0.29) is 27.7 Å². The summed E-state index contributed by atoms with van der Waals surface area (Å²) in [6.07, 6.45) is -9.96. The highest BCUT2D eigenvalue weighted by Crippen LogP contribution is 2.34. The number of rotatable bonds is 3. The molecule has 1 heterocycles. The summed E-state index contributed by atoms with van der Waals surface area (Å²) in [5, 5.41) is 2.97. The van der Waals surface area contributed by atoms with Crippen LogP contribution >= 0.6 is 23.8 Å². The van der Waals surface area contributed by atoms with Gasteiger partial charge in [-0.1, -0.05) is 11.6 Å². The molecule has 1 aromatic carbocycles.